The number of amides is 1. The first-order chi connectivity index (χ1) is 11.3. The minimum absolute atomic E-state index is 0.109. The normalized spacial score (nSPS) is 16.3. The maximum Gasteiger partial charge on any atom is 0.245 e. The molecule has 0 fully saturated rings. The largest absolute Gasteiger partial charge is 0.494 e. The number of carbonyl (C=O) groups is 1. The Bertz CT molecular complexity index is 854. The van der Waals surface area contributed by atoms with Gasteiger partial charge in [-0.05, 0) is 45.9 Å². The molecule has 128 valence electrons. The molecule has 24 heavy (non-hydrogen) atoms. The highest BCUT2D eigenvalue weighted by atomic mass is 35.5. The number of hydrogen-bond donors (Lipinski definition) is 0. The molecule has 2 heterocycles. The Kier molecular flexibility index (Phi) is 4.77. The first-order valence-electron chi connectivity index (χ1n) is 7.68. The van der Waals surface area contributed by atoms with E-state index >= 15 is 0 Å². The Morgan fingerprint density at radius 2 is 2.12 bits per heavy atom. The Morgan fingerprint density at radius 3 is 2.75 bits per heavy atom. The fraction of sp³-hybridized carbons (Fsp3) is 0.412. The molecule has 0 saturated heterocycles. The van der Waals surface area contributed by atoms with E-state index in [4.69, 9.17) is 28.6 Å². The molecule has 7 heteroatoms. The summed E-state index contributed by atoms with van der Waals surface area (Å²) in [5, 5.41) is -0.600. The van der Waals surface area contributed by atoms with Gasteiger partial charge in [-0.3, -0.25) is 9.69 Å². The second-order valence-electron chi connectivity index (χ2n) is 6.12. The second-order valence-corrected chi connectivity index (χ2v) is 9.59. The topological polar surface area (TPSA) is 29.5 Å². The summed E-state index contributed by atoms with van der Waals surface area (Å²) in [7, 11) is 3.21. The minimum Gasteiger partial charge on any atom is -0.494 e. The second kappa shape index (κ2) is 6.41. The number of anilines is 1. The van der Waals surface area contributed by atoms with Crippen LogP contribution in [0.1, 0.15) is 32.6 Å². The molecule has 1 amide bonds. The first-order valence-corrected chi connectivity index (χ1v) is 10.7. The highest BCUT2D eigenvalue weighted by Gasteiger charge is 2.43. The van der Waals surface area contributed by atoms with Gasteiger partial charge in [-0.1, -0.05) is 32.9 Å². The Labute approximate surface area is 159 Å². The summed E-state index contributed by atoms with van der Waals surface area (Å²) in [6.07, 6.45) is 0. The molecule has 1 aromatic heterocycles. The van der Waals surface area contributed by atoms with Crippen molar-refractivity contribution in [2.24, 2.45) is 0 Å². The quantitative estimate of drug-likeness (QED) is 0.370. The van der Waals surface area contributed by atoms with Gasteiger partial charge in [-0.2, -0.15) is 0 Å². The van der Waals surface area contributed by atoms with Gasteiger partial charge in [-0.15, -0.1) is 11.6 Å². The van der Waals surface area contributed by atoms with Crippen LogP contribution in [0.5, 0.6) is 5.75 Å². The lowest BCUT2D eigenvalue weighted by molar-refractivity contribution is -0.119. The van der Waals surface area contributed by atoms with Crippen molar-refractivity contribution in [3.63, 3.8) is 0 Å². The molecule has 0 spiro atoms. The summed E-state index contributed by atoms with van der Waals surface area (Å²) in [6, 6.07) is 5.79. The summed E-state index contributed by atoms with van der Waals surface area (Å²) in [5.74, 6) is 0.667. The van der Waals surface area contributed by atoms with E-state index in [-0.39, 0.29) is 5.91 Å². The van der Waals surface area contributed by atoms with Crippen LogP contribution in [-0.4, -0.2) is 17.9 Å². The van der Waals surface area contributed by atoms with Gasteiger partial charge in [0.1, 0.15) is 15.0 Å². The summed E-state index contributed by atoms with van der Waals surface area (Å²) in [4.78, 5) is 15.8. The molecule has 0 saturated carbocycles. The van der Waals surface area contributed by atoms with E-state index < -0.39 is 10.9 Å². The molecule has 1 aliphatic rings. The molecule has 0 N–H and O–H groups in total. The number of fused-ring (bicyclic) bond motifs is 3. The average molecular weight is 400 g/mol. The summed E-state index contributed by atoms with van der Waals surface area (Å²) < 4.78 is 6.49. The number of rotatable bonds is 3. The predicted molar refractivity (Wildman–Crippen MR) is 105 cm³/mol. The molecule has 0 bridgehead atoms. The van der Waals surface area contributed by atoms with E-state index in [1.165, 1.54) is 0 Å². The molecular weight excluding hydrogens is 382 g/mol. The molecule has 1 aromatic carbocycles. The van der Waals surface area contributed by atoms with Gasteiger partial charge in [0.2, 0.25) is 5.91 Å². The highest BCUT2D eigenvalue weighted by molar-refractivity contribution is 7.80. The number of carbonyl (C=O) groups excluding carboxylic acids is 1. The van der Waals surface area contributed by atoms with Crippen molar-refractivity contribution in [3.8, 4) is 16.9 Å². The third kappa shape index (κ3) is 2.69. The van der Waals surface area contributed by atoms with Crippen LogP contribution in [0.2, 0.25) is 0 Å². The van der Waals surface area contributed by atoms with Crippen LogP contribution in [0.25, 0.3) is 11.1 Å². The van der Waals surface area contributed by atoms with Crippen LogP contribution in [0, 0.1) is 3.82 Å². The van der Waals surface area contributed by atoms with Gasteiger partial charge in [0.15, 0.2) is 0 Å². The van der Waals surface area contributed by atoms with Crippen molar-refractivity contribution in [1.82, 2.24) is 0 Å². The van der Waals surface area contributed by atoms with E-state index in [0.717, 1.165) is 31.3 Å². The molecule has 0 aliphatic carbocycles. The Morgan fingerprint density at radius 1 is 1.42 bits per heavy atom. The van der Waals surface area contributed by atoms with Crippen molar-refractivity contribution in [1.29, 1.82) is 0 Å². The van der Waals surface area contributed by atoms with E-state index in [9.17, 15) is 4.79 Å². The maximum atomic E-state index is 12.8. The van der Waals surface area contributed by atoms with Crippen LogP contribution in [0.4, 0.5) is 5.69 Å². The minimum atomic E-state index is -0.600. The van der Waals surface area contributed by atoms with Crippen LogP contribution in [0.3, 0.4) is 0 Å². The Balaban J connectivity index is 2.30. The monoisotopic (exact) mass is 399 g/mol. The number of nitrogens with zero attached hydrogens (tertiary/aromatic N) is 1. The lowest BCUT2D eigenvalue weighted by Crippen LogP contribution is -2.50. The first kappa shape index (κ1) is 17.9. The average Bonchev–Trinajstić information content (AvgIpc) is 2.91. The third-order valence-electron chi connectivity index (χ3n) is 4.10. The van der Waals surface area contributed by atoms with Gasteiger partial charge >= 0.3 is 0 Å². The van der Waals surface area contributed by atoms with Gasteiger partial charge in [0, 0.05) is 11.1 Å². The number of alkyl halides is 1. The van der Waals surface area contributed by atoms with Gasteiger partial charge in [0.05, 0.1) is 22.7 Å². The van der Waals surface area contributed by atoms with E-state index in [0.29, 0.717) is 6.61 Å². The Hall–Kier alpha value is -0.950. The SMILES string of the molecule is CCOc1ccc2c(c1)-c1c(ssc1=S)C(C)(C)N2C(=O)[C@H](C)Cl. The maximum absolute atomic E-state index is 12.8. The summed E-state index contributed by atoms with van der Waals surface area (Å²) in [6.45, 7) is 8.33. The molecule has 0 radical (unpaired) electrons. The fourth-order valence-corrected chi connectivity index (χ4v) is 6.42. The zero-order valence-corrected chi connectivity index (χ0v) is 17.1. The standard InChI is InChI=1S/C17H18ClNO2S3/c1-5-21-10-6-7-12-11(8-10)13-14(23-24-16(13)22)17(3,4)19(12)15(20)9(2)18/h6-9H,5H2,1-4H3/t9-/m0/s1. The van der Waals surface area contributed by atoms with E-state index in [1.54, 1.807) is 32.5 Å². The number of halogens is 1. The molecule has 3 rings (SSSR count). The molecule has 2 aromatic rings. The third-order valence-corrected chi connectivity index (χ3v) is 7.61. The van der Waals surface area contributed by atoms with E-state index in [2.05, 4.69) is 0 Å². The van der Waals surface area contributed by atoms with Crippen LogP contribution < -0.4 is 9.64 Å². The zero-order valence-electron chi connectivity index (χ0n) is 13.9. The molecular formula is C17H18ClNO2S3. The van der Waals surface area contributed by atoms with E-state index in [1.807, 2.05) is 39.0 Å². The number of ether oxygens (including phenoxy) is 1. The van der Waals surface area contributed by atoms with Crippen molar-refractivity contribution < 1.29 is 9.53 Å². The lowest BCUT2D eigenvalue weighted by Gasteiger charge is -2.43. The highest BCUT2D eigenvalue weighted by Crippen LogP contribution is 2.53. The molecule has 3 nitrogen and oxygen atoms in total. The van der Waals surface area contributed by atoms with Crippen LogP contribution in [-0.2, 0) is 10.3 Å². The van der Waals surface area contributed by atoms with Crippen molar-refractivity contribution in [2.75, 3.05) is 11.5 Å². The molecule has 1 atom stereocenters. The molecule has 1 aliphatic heterocycles. The molecule has 0 unspecified atom stereocenters. The fourth-order valence-electron chi connectivity index (χ4n) is 3.04. The van der Waals surface area contributed by atoms with Gasteiger partial charge < -0.3 is 4.74 Å². The number of hydrogen-bond acceptors (Lipinski definition) is 5. The van der Waals surface area contributed by atoms with Gasteiger partial charge in [-0.25, -0.2) is 0 Å². The van der Waals surface area contributed by atoms with Crippen molar-refractivity contribution >= 4 is 56.1 Å². The smallest absolute Gasteiger partial charge is 0.245 e. The lowest BCUT2D eigenvalue weighted by atomic mass is 9.87. The van der Waals surface area contributed by atoms with Gasteiger partial charge in [0.25, 0.3) is 0 Å². The van der Waals surface area contributed by atoms with Crippen LogP contribution in [0.15, 0.2) is 18.2 Å². The number of benzene rings is 1. The van der Waals surface area contributed by atoms with Crippen LogP contribution >= 0.6 is 44.5 Å². The van der Waals surface area contributed by atoms with Crippen molar-refractivity contribution in [3.05, 3.63) is 26.9 Å². The summed E-state index contributed by atoms with van der Waals surface area (Å²) in [5.41, 5.74) is 2.34. The predicted octanol–water partition coefficient (Wildman–Crippen LogP) is 5.81. The summed E-state index contributed by atoms with van der Waals surface area (Å²) >= 11 is 11.7. The zero-order chi connectivity index (χ0) is 17.6. The van der Waals surface area contributed by atoms with Crippen molar-refractivity contribution in [2.45, 2.75) is 38.6 Å².